The molecule has 0 bridgehead atoms. The first kappa shape index (κ1) is 11.6. The molecule has 0 radical (unpaired) electrons. The summed E-state index contributed by atoms with van der Waals surface area (Å²) in [6, 6.07) is 5.96. The Morgan fingerprint density at radius 2 is 2.30 bits per heavy atom. The first-order chi connectivity index (χ1) is 9.81. The van der Waals surface area contributed by atoms with E-state index in [0.29, 0.717) is 12.5 Å². The van der Waals surface area contributed by atoms with Gasteiger partial charge in [0.2, 0.25) is 0 Å². The summed E-state index contributed by atoms with van der Waals surface area (Å²) in [5.74, 6) is 1.53. The van der Waals surface area contributed by atoms with Crippen molar-refractivity contribution in [1.82, 2.24) is 19.7 Å². The Kier molecular flexibility index (Phi) is 2.56. The Bertz CT molecular complexity index is 755. The van der Waals surface area contributed by atoms with E-state index in [1.54, 1.807) is 6.33 Å². The molecule has 4 rings (SSSR count). The molecule has 0 N–H and O–H groups in total. The van der Waals surface area contributed by atoms with Gasteiger partial charge < -0.3 is 13.8 Å². The molecule has 102 valence electrons. The van der Waals surface area contributed by atoms with Gasteiger partial charge in [-0.05, 0) is 24.6 Å². The van der Waals surface area contributed by atoms with Crippen LogP contribution in [0.15, 0.2) is 29.0 Å². The molecule has 6 heteroatoms. The lowest BCUT2D eigenvalue weighted by atomic mass is 10.1. The molecule has 1 aromatic carbocycles. The maximum Gasteiger partial charge on any atom is 0.258 e. The van der Waals surface area contributed by atoms with Crippen LogP contribution in [0.5, 0.6) is 0 Å². The van der Waals surface area contributed by atoms with Crippen LogP contribution in [-0.4, -0.2) is 32.9 Å². The molecule has 3 heterocycles. The third kappa shape index (κ3) is 1.80. The van der Waals surface area contributed by atoms with E-state index in [1.165, 1.54) is 0 Å². The summed E-state index contributed by atoms with van der Waals surface area (Å²) in [4.78, 5) is 8.83. The van der Waals surface area contributed by atoms with Crippen molar-refractivity contribution in [2.24, 2.45) is 7.05 Å². The molecular formula is C14H14N4O2. The molecule has 1 aliphatic heterocycles. The number of benzene rings is 1. The quantitative estimate of drug-likeness (QED) is 0.713. The molecule has 6 nitrogen and oxygen atoms in total. The van der Waals surface area contributed by atoms with Gasteiger partial charge in [0.05, 0.1) is 24.0 Å². The smallest absolute Gasteiger partial charge is 0.258 e. The molecule has 3 aromatic rings. The van der Waals surface area contributed by atoms with Crippen LogP contribution in [0, 0.1) is 0 Å². The monoisotopic (exact) mass is 270 g/mol. The number of rotatable bonds is 2. The standard InChI is InChI=1S/C14H14N4O2/c1-18-8-15-11-6-9(2-3-12(11)18)14-16-13(17-20-14)10-4-5-19-7-10/h2-3,6,8,10H,4-5,7H2,1H3/t10-/m0/s1. The van der Waals surface area contributed by atoms with Gasteiger partial charge in [-0.1, -0.05) is 5.16 Å². The second-order valence-corrected chi connectivity index (χ2v) is 5.08. The summed E-state index contributed by atoms with van der Waals surface area (Å²) < 4.78 is 12.7. The molecule has 2 aromatic heterocycles. The minimum absolute atomic E-state index is 0.256. The van der Waals surface area contributed by atoms with Gasteiger partial charge >= 0.3 is 0 Å². The normalized spacial score (nSPS) is 18.9. The van der Waals surface area contributed by atoms with Gasteiger partial charge in [0.25, 0.3) is 5.89 Å². The first-order valence-corrected chi connectivity index (χ1v) is 6.64. The molecule has 0 aliphatic carbocycles. The largest absolute Gasteiger partial charge is 0.381 e. The van der Waals surface area contributed by atoms with Crippen LogP contribution < -0.4 is 0 Å². The summed E-state index contributed by atoms with van der Waals surface area (Å²) >= 11 is 0. The maximum absolute atomic E-state index is 5.37. The van der Waals surface area contributed by atoms with Crippen molar-refractivity contribution in [1.29, 1.82) is 0 Å². The van der Waals surface area contributed by atoms with Gasteiger partial charge in [0, 0.05) is 25.1 Å². The van der Waals surface area contributed by atoms with Crippen LogP contribution >= 0.6 is 0 Å². The lowest BCUT2D eigenvalue weighted by molar-refractivity contribution is 0.192. The summed E-state index contributed by atoms with van der Waals surface area (Å²) in [6.07, 6.45) is 2.75. The van der Waals surface area contributed by atoms with E-state index in [4.69, 9.17) is 9.26 Å². The SMILES string of the molecule is Cn1cnc2cc(-c3nc([C@H]4CCOC4)no3)ccc21. The fourth-order valence-corrected chi connectivity index (χ4v) is 2.53. The van der Waals surface area contributed by atoms with Crippen molar-refractivity contribution in [3.8, 4) is 11.5 Å². The first-order valence-electron chi connectivity index (χ1n) is 6.64. The molecule has 1 saturated heterocycles. The molecule has 0 saturated carbocycles. The van der Waals surface area contributed by atoms with Crippen molar-refractivity contribution < 1.29 is 9.26 Å². The Balaban J connectivity index is 1.71. The van der Waals surface area contributed by atoms with Crippen molar-refractivity contribution in [3.63, 3.8) is 0 Å². The number of fused-ring (bicyclic) bond motifs is 1. The van der Waals surface area contributed by atoms with Crippen molar-refractivity contribution >= 4 is 11.0 Å². The van der Waals surface area contributed by atoms with Crippen molar-refractivity contribution in [3.05, 3.63) is 30.4 Å². The lowest BCUT2D eigenvalue weighted by Crippen LogP contribution is -1.99. The number of hydrogen-bond donors (Lipinski definition) is 0. The minimum Gasteiger partial charge on any atom is -0.381 e. The fourth-order valence-electron chi connectivity index (χ4n) is 2.53. The number of aryl methyl sites for hydroxylation is 1. The van der Waals surface area contributed by atoms with Gasteiger partial charge in [0.1, 0.15) is 0 Å². The molecule has 0 amide bonds. The topological polar surface area (TPSA) is 66.0 Å². The fraction of sp³-hybridized carbons (Fsp3) is 0.357. The molecule has 1 aliphatic rings. The molecule has 0 spiro atoms. The third-order valence-corrected chi connectivity index (χ3v) is 3.71. The highest BCUT2D eigenvalue weighted by Crippen LogP contribution is 2.27. The number of ether oxygens (including phenoxy) is 1. The Morgan fingerprint density at radius 3 is 3.15 bits per heavy atom. The second kappa shape index (κ2) is 4.42. The number of nitrogens with zero attached hydrogens (tertiary/aromatic N) is 4. The average molecular weight is 270 g/mol. The minimum atomic E-state index is 0.256. The van der Waals surface area contributed by atoms with Crippen molar-refractivity contribution in [2.45, 2.75) is 12.3 Å². The second-order valence-electron chi connectivity index (χ2n) is 5.08. The van der Waals surface area contributed by atoms with E-state index in [2.05, 4.69) is 15.1 Å². The van der Waals surface area contributed by atoms with Crippen LogP contribution in [0.2, 0.25) is 0 Å². The summed E-state index contributed by atoms with van der Waals surface area (Å²) in [7, 11) is 1.97. The lowest BCUT2D eigenvalue weighted by Gasteiger charge is -1.98. The van der Waals surface area contributed by atoms with E-state index in [-0.39, 0.29) is 5.92 Å². The van der Waals surface area contributed by atoms with Crippen LogP contribution in [-0.2, 0) is 11.8 Å². The summed E-state index contributed by atoms with van der Waals surface area (Å²) in [5.41, 5.74) is 2.90. The predicted molar refractivity (Wildman–Crippen MR) is 72.2 cm³/mol. The zero-order valence-electron chi connectivity index (χ0n) is 11.1. The molecule has 1 fully saturated rings. The van der Waals surface area contributed by atoms with Gasteiger partial charge in [-0.2, -0.15) is 4.98 Å². The Morgan fingerprint density at radius 1 is 1.35 bits per heavy atom. The maximum atomic E-state index is 5.37. The molecule has 1 atom stereocenters. The van der Waals surface area contributed by atoms with Crippen LogP contribution in [0.25, 0.3) is 22.5 Å². The van der Waals surface area contributed by atoms with Gasteiger partial charge in [-0.3, -0.25) is 0 Å². The summed E-state index contributed by atoms with van der Waals surface area (Å²) in [5, 5.41) is 4.07. The average Bonchev–Trinajstić information content (AvgIpc) is 3.18. The Labute approximate surface area is 115 Å². The van der Waals surface area contributed by atoms with Gasteiger partial charge in [-0.25, -0.2) is 4.98 Å². The van der Waals surface area contributed by atoms with E-state index >= 15 is 0 Å². The van der Waals surface area contributed by atoms with Crippen LogP contribution in [0.4, 0.5) is 0 Å². The highest BCUT2D eigenvalue weighted by atomic mass is 16.5. The van der Waals surface area contributed by atoms with Crippen molar-refractivity contribution in [2.75, 3.05) is 13.2 Å². The van der Waals surface area contributed by atoms with Crippen LogP contribution in [0.3, 0.4) is 0 Å². The number of aromatic nitrogens is 4. The van der Waals surface area contributed by atoms with E-state index < -0.39 is 0 Å². The van der Waals surface area contributed by atoms with E-state index in [9.17, 15) is 0 Å². The zero-order valence-corrected chi connectivity index (χ0v) is 11.1. The summed E-state index contributed by atoms with van der Waals surface area (Å²) in [6.45, 7) is 1.45. The van der Waals surface area contributed by atoms with Gasteiger partial charge in [-0.15, -0.1) is 0 Å². The van der Waals surface area contributed by atoms with Gasteiger partial charge in [0.15, 0.2) is 5.82 Å². The zero-order chi connectivity index (χ0) is 13.5. The predicted octanol–water partition coefficient (Wildman–Crippen LogP) is 2.13. The third-order valence-electron chi connectivity index (χ3n) is 3.71. The van der Waals surface area contributed by atoms with E-state index in [0.717, 1.165) is 35.4 Å². The molecule has 20 heavy (non-hydrogen) atoms. The molecule has 0 unspecified atom stereocenters. The Hall–Kier alpha value is -2.21. The van der Waals surface area contributed by atoms with E-state index in [1.807, 2.05) is 29.8 Å². The highest BCUT2D eigenvalue weighted by Gasteiger charge is 2.23. The van der Waals surface area contributed by atoms with Crippen LogP contribution in [0.1, 0.15) is 18.2 Å². The number of hydrogen-bond acceptors (Lipinski definition) is 5. The molecular weight excluding hydrogens is 256 g/mol. The number of imidazole rings is 1. The highest BCUT2D eigenvalue weighted by molar-refractivity contribution is 5.80.